The Morgan fingerprint density at radius 3 is 2.60 bits per heavy atom. The minimum atomic E-state index is -0.336. The highest BCUT2D eigenvalue weighted by molar-refractivity contribution is 7.98. The van der Waals surface area contributed by atoms with Crippen LogP contribution >= 0.6 is 11.8 Å². The van der Waals surface area contributed by atoms with E-state index in [0.29, 0.717) is 0 Å². The minimum Gasteiger partial charge on any atom is -0.494 e. The third kappa shape index (κ3) is 3.25. The topological polar surface area (TPSA) is 21.3 Å². The molecule has 2 aromatic carbocycles. The molecular formula is C16H18FNOS. The van der Waals surface area contributed by atoms with Crippen molar-refractivity contribution < 1.29 is 9.13 Å². The average Bonchev–Trinajstić information content (AvgIpc) is 2.47. The summed E-state index contributed by atoms with van der Waals surface area (Å²) >= 11 is 1.69. The highest BCUT2D eigenvalue weighted by Gasteiger charge is 2.11. The van der Waals surface area contributed by atoms with Gasteiger partial charge in [0.25, 0.3) is 0 Å². The van der Waals surface area contributed by atoms with Gasteiger partial charge in [0, 0.05) is 16.6 Å². The summed E-state index contributed by atoms with van der Waals surface area (Å²) < 4.78 is 18.7. The van der Waals surface area contributed by atoms with Gasteiger partial charge in [-0.1, -0.05) is 18.2 Å². The molecule has 0 radical (unpaired) electrons. The Labute approximate surface area is 123 Å². The molecule has 0 bridgehead atoms. The van der Waals surface area contributed by atoms with Crippen molar-refractivity contribution in [1.82, 2.24) is 0 Å². The van der Waals surface area contributed by atoms with Crippen molar-refractivity contribution >= 4 is 17.4 Å². The van der Waals surface area contributed by atoms with Gasteiger partial charge >= 0.3 is 0 Å². The Bertz CT molecular complexity index is 588. The summed E-state index contributed by atoms with van der Waals surface area (Å²) in [6.07, 6.45) is 2.04. The molecule has 0 aliphatic rings. The standard InChI is InChI=1S/C16H18FNOS/c1-11(12-8-9-15(19-2)13(17)10-12)18-14-6-4-5-7-16(14)20-3/h4-11,18H,1-3H3. The Morgan fingerprint density at radius 1 is 1.20 bits per heavy atom. The fourth-order valence-electron chi connectivity index (χ4n) is 2.03. The quantitative estimate of drug-likeness (QED) is 0.805. The largest absolute Gasteiger partial charge is 0.494 e. The van der Waals surface area contributed by atoms with Gasteiger partial charge in [0.2, 0.25) is 0 Å². The number of hydrogen-bond acceptors (Lipinski definition) is 3. The van der Waals surface area contributed by atoms with Gasteiger partial charge in [-0.05, 0) is 43.0 Å². The molecule has 1 N–H and O–H groups in total. The van der Waals surface area contributed by atoms with Crippen molar-refractivity contribution in [2.45, 2.75) is 17.9 Å². The van der Waals surface area contributed by atoms with Crippen LogP contribution < -0.4 is 10.1 Å². The normalized spacial score (nSPS) is 12.0. The molecular weight excluding hydrogens is 273 g/mol. The smallest absolute Gasteiger partial charge is 0.165 e. The number of rotatable bonds is 5. The van der Waals surface area contributed by atoms with Gasteiger partial charge in [-0.3, -0.25) is 0 Å². The highest BCUT2D eigenvalue weighted by Crippen LogP contribution is 2.29. The van der Waals surface area contributed by atoms with Crippen molar-refractivity contribution in [2.24, 2.45) is 0 Å². The number of thioether (sulfide) groups is 1. The molecule has 2 aromatic rings. The number of benzene rings is 2. The summed E-state index contributed by atoms with van der Waals surface area (Å²) in [5, 5.41) is 3.41. The first kappa shape index (κ1) is 14.7. The van der Waals surface area contributed by atoms with Crippen LogP contribution in [-0.4, -0.2) is 13.4 Å². The molecule has 1 unspecified atom stereocenters. The fraction of sp³-hybridized carbons (Fsp3) is 0.250. The summed E-state index contributed by atoms with van der Waals surface area (Å²) in [6, 6.07) is 13.2. The summed E-state index contributed by atoms with van der Waals surface area (Å²) in [5.41, 5.74) is 1.95. The van der Waals surface area contributed by atoms with Gasteiger partial charge in [-0.15, -0.1) is 11.8 Å². The first-order valence-electron chi connectivity index (χ1n) is 6.38. The van der Waals surface area contributed by atoms with Crippen LogP contribution in [0.25, 0.3) is 0 Å². The van der Waals surface area contributed by atoms with E-state index < -0.39 is 0 Å². The lowest BCUT2D eigenvalue weighted by Crippen LogP contribution is -2.07. The number of ether oxygens (including phenoxy) is 1. The van der Waals surface area contributed by atoms with Gasteiger partial charge < -0.3 is 10.1 Å². The van der Waals surface area contributed by atoms with E-state index in [1.165, 1.54) is 18.1 Å². The molecule has 20 heavy (non-hydrogen) atoms. The van der Waals surface area contributed by atoms with Crippen LogP contribution in [-0.2, 0) is 0 Å². The third-order valence-electron chi connectivity index (χ3n) is 3.15. The number of para-hydroxylation sites is 1. The first-order chi connectivity index (χ1) is 9.65. The molecule has 0 aliphatic heterocycles. The van der Waals surface area contributed by atoms with Gasteiger partial charge in [-0.25, -0.2) is 4.39 Å². The molecule has 0 aromatic heterocycles. The maximum atomic E-state index is 13.7. The number of nitrogens with one attached hydrogen (secondary N) is 1. The lowest BCUT2D eigenvalue weighted by molar-refractivity contribution is 0.386. The minimum absolute atomic E-state index is 0.0173. The van der Waals surface area contributed by atoms with Crippen LogP contribution in [0.4, 0.5) is 10.1 Å². The maximum absolute atomic E-state index is 13.7. The Balaban J connectivity index is 2.19. The summed E-state index contributed by atoms with van der Waals surface area (Å²) in [4.78, 5) is 1.17. The number of halogens is 1. The van der Waals surface area contributed by atoms with Crippen LogP contribution in [0.1, 0.15) is 18.5 Å². The molecule has 2 nitrogen and oxygen atoms in total. The third-order valence-corrected chi connectivity index (χ3v) is 3.95. The van der Waals surface area contributed by atoms with Crippen LogP contribution in [0.3, 0.4) is 0 Å². The van der Waals surface area contributed by atoms with E-state index in [4.69, 9.17) is 4.74 Å². The lowest BCUT2D eigenvalue weighted by Gasteiger charge is -2.18. The van der Waals surface area contributed by atoms with Crippen LogP contribution in [0, 0.1) is 5.82 Å². The number of anilines is 1. The van der Waals surface area contributed by atoms with Gasteiger partial charge in [0.1, 0.15) is 0 Å². The molecule has 1 atom stereocenters. The summed E-state index contributed by atoms with van der Waals surface area (Å²) in [5.74, 6) is -0.0673. The molecule has 0 heterocycles. The van der Waals surface area contributed by atoms with Gasteiger partial charge in [0.05, 0.1) is 7.11 Å². The molecule has 0 saturated carbocycles. The lowest BCUT2D eigenvalue weighted by atomic mass is 10.1. The molecule has 2 rings (SSSR count). The zero-order valence-corrected chi connectivity index (χ0v) is 12.6. The summed E-state index contributed by atoms with van der Waals surface area (Å²) in [7, 11) is 1.47. The van der Waals surface area contributed by atoms with Crippen molar-refractivity contribution in [1.29, 1.82) is 0 Å². The predicted molar refractivity (Wildman–Crippen MR) is 83.2 cm³/mol. The van der Waals surface area contributed by atoms with E-state index in [1.807, 2.05) is 37.4 Å². The molecule has 0 fully saturated rings. The van der Waals surface area contributed by atoms with Crippen molar-refractivity contribution in [3.05, 3.63) is 53.8 Å². The Morgan fingerprint density at radius 2 is 1.95 bits per heavy atom. The van der Waals surface area contributed by atoms with Crippen molar-refractivity contribution in [2.75, 3.05) is 18.7 Å². The molecule has 0 spiro atoms. The molecule has 0 aliphatic carbocycles. The predicted octanol–water partition coefficient (Wildman–Crippen LogP) is 4.73. The van der Waals surface area contributed by atoms with Crippen molar-refractivity contribution in [3.63, 3.8) is 0 Å². The first-order valence-corrected chi connectivity index (χ1v) is 7.61. The van der Waals surface area contributed by atoms with Crippen LogP contribution in [0.2, 0.25) is 0 Å². The Kier molecular flexibility index (Phi) is 4.90. The van der Waals surface area contributed by atoms with Crippen molar-refractivity contribution in [3.8, 4) is 5.75 Å². The molecule has 0 saturated heterocycles. The maximum Gasteiger partial charge on any atom is 0.165 e. The molecule has 4 heteroatoms. The van der Waals surface area contributed by atoms with Gasteiger partial charge in [0.15, 0.2) is 11.6 Å². The van der Waals surface area contributed by atoms with E-state index in [0.717, 1.165) is 11.3 Å². The fourth-order valence-corrected chi connectivity index (χ4v) is 2.59. The summed E-state index contributed by atoms with van der Waals surface area (Å²) in [6.45, 7) is 2.01. The van der Waals surface area contributed by atoms with E-state index in [2.05, 4.69) is 11.4 Å². The zero-order chi connectivity index (χ0) is 14.5. The highest BCUT2D eigenvalue weighted by atomic mass is 32.2. The molecule has 0 amide bonds. The zero-order valence-electron chi connectivity index (χ0n) is 11.8. The van der Waals surface area contributed by atoms with E-state index in [-0.39, 0.29) is 17.6 Å². The van der Waals surface area contributed by atoms with E-state index in [9.17, 15) is 4.39 Å². The van der Waals surface area contributed by atoms with Gasteiger partial charge in [-0.2, -0.15) is 0 Å². The second kappa shape index (κ2) is 6.66. The van der Waals surface area contributed by atoms with E-state index in [1.54, 1.807) is 17.8 Å². The van der Waals surface area contributed by atoms with E-state index >= 15 is 0 Å². The SMILES string of the molecule is COc1ccc(C(C)Nc2ccccc2SC)cc1F. The Hall–Kier alpha value is -1.68. The second-order valence-corrected chi connectivity index (χ2v) is 5.31. The number of hydrogen-bond donors (Lipinski definition) is 1. The second-order valence-electron chi connectivity index (χ2n) is 4.46. The van der Waals surface area contributed by atoms with Crippen LogP contribution in [0.15, 0.2) is 47.4 Å². The molecule has 106 valence electrons. The average molecular weight is 291 g/mol. The monoisotopic (exact) mass is 291 g/mol. The van der Waals surface area contributed by atoms with Crippen LogP contribution in [0.5, 0.6) is 5.75 Å². The number of methoxy groups -OCH3 is 1.